The predicted octanol–water partition coefficient (Wildman–Crippen LogP) is 3.97. The number of alkyl halides is 1. The van der Waals surface area contributed by atoms with Gasteiger partial charge in [-0.25, -0.2) is 0 Å². The summed E-state index contributed by atoms with van der Waals surface area (Å²) < 4.78 is 5.08. The molecule has 1 fully saturated rings. The van der Waals surface area contributed by atoms with Crippen molar-refractivity contribution in [3.8, 4) is 0 Å². The van der Waals surface area contributed by atoms with E-state index in [-0.39, 0.29) is 0 Å². The second kappa shape index (κ2) is 5.33. The van der Waals surface area contributed by atoms with E-state index in [9.17, 15) is 0 Å². The lowest BCUT2D eigenvalue weighted by molar-refractivity contribution is 0.202. The third-order valence-electron chi connectivity index (χ3n) is 3.44. The molecule has 1 saturated carbocycles. The zero-order valence-electron chi connectivity index (χ0n) is 9.95. The highest BCUT2D eigenvalue weighted by molar-refractivity contribution is 9.09. The van der Waals surface area contributed by atoms with E-state index in [0.717, 1.165) is 24.9 Å². The summed E-state index contributed by atoms with van der Waals surface area (Å²) in [6, 6.07) is 8.93. The van der Waals surface area contributed by atoms with Crippen molar-refractivity contribution in [2.45, 2.75) is 24.6 Å². The van der Waals surface area contributed by atoms with Crippen molar-refractivity contribution in [1.82, 2.24) is 0 Å². The molecule has 16 heavy (non-hydrogen) atoms. The summed E-state index contributed by atoms with van der Waals surface area (Å²) in [6.07, 6.45) is 2.37. The van der Waals surface area contributed by atoms with Gasteiger partial charge in [-0.05, 0) is 35.8 Å². The van der Waals surface area contributed by atoms with Crippen LogP contribution in [0.2, 0.25) is 0 Å². The average molecular weight is 283 g/mol. The molecule has 1 aliphatic carbocycles. The number of hydrogen-bond donors (Lipinski definition) is 0. The molecule has 0 bridgehead atoms. The predicted molar refractivity (Wildman–Crippen MR) is 71.0 cm³/mol. The zero-order chi connectivity index (χ0) is 11.5. The molecule has 0 radical (unpaired) electrons. The summed E-state index contributed by atoms with van der Waals surface area (Å²) in [5.41, 5.74) is 2.77. The maximum Gasteiger partial charge on any atom is 0.0502 e. The smallest absolute Gasteiger partial charge is 0.0502 e. The number of benzene rings is 1. The first kappa shape index (κ1) is 12.1. The fraction of sp³-hybridized carbons (Fsp3) is 0.571. The van der Waals surface area contributed by atoms with Crippen molar-refractivity contribution < 1.29 is 4.74 Å². The summed E-state index contributed by atoms with van der Waals surface area (Å²) in [7, 11) is 1.75. The van der Waals surface area contributed by atoms with Gasteiger partial charge in [0.15, 0.2) is 0 Å². The number of halogens is 1. The van der Waals surface area contributed by atoms with Gasteiger partial charge in [0.05, 0.1) is 6.61 Å². The minimum absolute atomic E-state index is 0.541. The van der Waals surface area contributed by atoms with E-state index in [1.165, 1.54) is 17.5 Å². The summed E-state index contributed by atoms with van der Waals surface area (Å²) in [4.78, 5) is 0.541. The monoisotopic (exact) mass is 282 g/mol. The van der Waals surface area contributed by atoms with Crippen LogP contribution in [0.1, 0.15) is 29.3 Å². The van der Waals surface area contributed by atoms with Gasteiger partial charge in [-0.3, -0.25) is 0 Å². The highest BCUT2D eigenvalue weighted by atomic mass is 79.9. The number of methoxy groups -OCH3 is 1. The Morgan fingerprint density at radius 3 is 2.50 bits per heavy atom. The topological polar surface area (TPSA) is 9.23 Å². The van der Waals surface area contributed by atoms with Gasteiger partial charge in [0.1, 0.15) is 0 Å². The van der Waals surface area contributed by atoms with Crippen molar-refractivity contribution in [2.24, 2.45) is 11.8 Å². The molecule has 0 N–H and O–H groups in total. The van der Waals surface area contributed by atoms with E-state index in [2.05, 4.69) is 47.1 Å². The number of hydrogen-bond acceptors (Lipinski definition) is 1. The first-order chi connectivity index (χ1) is 7.72. The van der Waals surface area contributed by atoms with Gasteiger partial charge in [-0.1, -0.05) is 47.1 Å². The van der Waals surface area contributed by atoms with E-state index in [4.69, 9.17) is 4.74 Å². The molecule has 2 heteroatoms. The molecule has 3 unspecified atom stereocenters. The van der Waals surface area contributed by atoms with Crippen LogP contribution in [0.15, 0.2) is 24.3 Å². The molecule has 3 atom stereocenters. The Morgan fingerprint density at radius 1 is 1.38 bits per heavy atom. The normalized spacial score (nSPS) is 25.4. The lowest BCUT2D eigenvalue weighted by atomic mass is 10.0. The Kier molecular flexibility index (Phi) is 4.04. The fourth-order valence-corrected chi connectivity index (χ4v) is 3.14. The first-order valence-corrected chi connectivity index (χ1v) is 6.85. The zero-order valence-corrected chi connectivity index (χ0v) is 11.5. The Labute approximate surface area is 106 Å². The molecule has 0 amide bonds. The number of ether oxygens (including phenoxy) is 1. The van der Waals surface area contributed by atoms with Crippen LogP contribution in [0.25, 0.3) is 0 Å². The van der Waals surface area contributed by atoms with Crippen LogP contribution in [0.3, 0.4) is 0 Å². The van der Waals surface area contributed by atoms with E-state index < -0.39 is 0 Å². The van der Waals surface area contributed by atoms with Crippen LogP contribution < -0.4 is 0 Å². The summed E-state index contributed by atoms with van der Waals surface area (Å²) in [5, 5.41) is 0. The maximum atomic E-state index is 5.08. The van der Waals surface area contributed by atoms with Crippen LogP contribution in [0.5, 0.6) is 0 Å². The molecule has 1 aliphatic rings. The van der Waals surface area contributed by atoms with Gasteiger partial charge >= 0.3 is 0 Å². The Bertz CT molecular complexity index is 333. The first-order valence-electron chi connectivity index (χ1n) is 5.94. The lowest BCUT2D eigenvalue weighted by Crippen LogP contribution is -1.97. The van der Waals surface area contributed by atoms with Gasteiger partial charge in [0, 0.05) is 11.9 Å². The van der Waals surface area contributed by atoms with Crippen molar-refractivity contribution in [3.05, 3.63) is 35.4 Å². The second-order valence-corrected chi connectivity index (χ2v) is 5.75. The lowest BCUT2D eigenvalue weighted by Gasteiger charge is -2.10. The van der Waals surface area contributed by atoms with Crippen LogP contribution in [0, 0.1) is 11.8 Å². The van der Waals surface area contributed by atoms with Crippen LogP contribution in [-0.4, -0.2) is 13.7 Å². The quantitative estimate of drug-likeness (QED) is 0.743. The summed E-state index contributed by atoms with van der Waals surface area (Å²) in [5.74, 6) is 1.72. The van der Waals surface area contributed by atoms with Crippen LogP contribution >= 0.6 is 15.9 Å². The molecular weight excluding hydrogens is 264 g/mol. The number of rotatable bonds is 5. The molecule has 2 rings (SSSR count). The Hall–Kier alpha value is -0.340. The van der Waals surface area contributed by atoms with Crippen LogP contribution in [-0.2, 0) is 11.2 Å². The van der Waals surface area contributed by atoms with Crippen molar-refractivity contribution in [3.63, 3.8) is 0 Å². The van der Waals surface area contributed by atoms with Gasteiger partial charge in [-0.15, -0.1) is 0 Å². The van der Waals surface area contributed by atoms with E-state index in [1.54, 1.807) is 7.11 Å². The third kappa shape index (κ3) is 2.86. The SMILES string of the molecule is COCCc1ccc(C(Br)C2CC2C)cc1. The molecule has 0 spiro atoms. The largest absolute Gasteiger partial charge is 0.384 e. The van der Waals surface area contributed by atoms with E-state index >= 15 is 0 Å². The summed E-state index contributed by atoms with van der Waals surface area (Å²) >= 11 is 3.81. The summed E-state index contributed by atoms with van der Waals surface area (Å²) in [6.45, 7) is 3.13. The fourth-order valence-electron chi connectivity index (χ4n) is 2.09. The molecule has 88 valence electrons. The molecule has 0 heterocycles. The molecule has 0 aliphatic heterocycles. The Balaban J connectivity index is 1.96. The van der Waals surface area contributed by atoms with Gasteiger partial charge in [-0.2, -0.15) is 0 Å². The molecule has 0 saturated heterocycles. The minimum atomic E-state index is 0.541. The van der Waals surface area contributed by atoms with Crippen molar-refractivity contribution >= 4 is 15.9 Å². The highest BCUT2D eigenvalue weighted by Crippen LogP contribution is 2.51. The van der Waals surface area contributed by atoms with Gasteiger partial charge in [0.25, 0.3) is 0 Å². The Morgan fingerprint density at radius 2 is 2.00 bits per heavy atom. The van der Waals surface area contributed by atoms with Crippen LogP contribution in [0.4, 0.5) is 0 Å². The van der Waals surface area contributed by atoms with Crippen molar-refractivity contribution in [1.29, 1.82) is 0 Å². The van der Waals surface area contributed by atoms with Gasteiger partial charge < -0.3 is 4.74 Å². The van der Waals surface area contributed by atoms with Gasteiger partial charge in [0.2, 0.25) is 0 Å². The minimum Gasteiger partial charge on any atom is -0.384 e. The third-order valence-corrected chi connectivity index (χ3v) is 4.65. The molecule has 0 aromatic heterocycles. The standard InChI is InChI=1S/C14H19BrO/c1-10-9-13(10)14(15)12-5-3-11(4-6-12)7-8-16-2/h3-6,10,13-14H,7-9H2,1-2H3. The second-order valence-electron chi connectivity index (χ2n) is 4.76. The molecular formula is C14H19BrO. The molecule has 1 aromatic rings. The molecule has 1 aromatic carbocycles. The highest BCUT2D eigenvalue weighted by Gasteiger charge is 2.38. The van der Waals surface area contributed by atoms with E-state index in [1.807, 2.05) is 0 Å². The van der Waals surface area contributed by atoms with E-state index in [0.29, 0.717) is 4.83 Å². The molecule has 1 nitrogen and oxygen atoms in total. The average Bonchev–Trinajstić information content (AvgIpc) is 3.03. The van der Waals surface area contributed by atoms with Crippen molar-refractivity contribution in [2.75, 3.05) is 13.7 Å². The maximum absolute atomic E-state index is 5.08.